The summed E-state index contributed by atoms with van der Waals surface area (Å²) in [5, 5.41) is 11.3. The van der Waals surface area contributed by atoms with Gasteiger partial charge in [-0.15, -0.1) is 11.8 Å². The highest BCUT2D eigenvalue weighted by Gasteiger charge is 2.35. The fourth-order valence-electron chi connectivity index (χ4n) is 0.904. The van der Waals surface area contributed by atoms with E-state index in [4.69, 9.17) is 5.11 Å². The second-order valence-corrected chi connectivity index (χ2v) is 3.85. The van der Waals surface area contributed by atoms with Crippen LogP contribution in [0.5, 0.6) is 0 Å². The van der Waals surface area contributed by atoms with Gasteiger partial charge in [0.1, 0.15) is 10.8 Å². The Morgan fingerprint density at radius 2 is 2.12 bits per heavy atom. The lowest BCUT2D eigenvalue weighted by Crippen LogP contribution is -2.13. The molecule has 0 atom stereocenters. The standard InChI is InChI=1S/C8H10F3N3OS/c1-12-5-4-6(16-3-2-15)14-7(13-5)8(9,10)11/h4,15H,2-3H2,1H3,(H,12,13,14). The van der Waals surface area contributed by atoms with Crippen LogP contribution in [0.15, 0.2) is 11.1 Å². The quantitative estimate of drug-likeness (QED) is 0.631. The van der Waals surface area contributed by atoms with E-state index < -0.39 is 12.0 Å². The zero-order valence-corrected chi connectivity index (χ0v) is 9.19. The number of aliphatic hydroxyl groups is 1. The van der Waals surface area contributed by atoms with Crippen molar-refractivity contribution < 1.29 is 18.3 Å². The Morgan fingerprint density at radius 1 is 1.44 bits per heavy atom. The number of thioether (sulfide) groups is 1. The maximum Gasteiger partial charge on any atom is 0.451 e. The minimum absolute atomic E-state index is 0.0998. The molecule has 0 amide bonds. The van der Waals surface area contributed by atoms with Crippen molar-refractivity contribution in [1.82, 2.24) is 9.97 Å². The lowest BCUT2D eigenvalue weighted by Gasteiger charge is -2.09. The molecule has 4 nitrogen and oxygen atoms in total. The largest absolute Gasteiger partial charge is 0.451 e. The fraction of sp³-hybridized carbons (Fsp3) is 0.500. The number of hydrogen-bond donors (Lipinski definition) is 2. The van der Waals surface area contributed by atoms with Crippen LogP contribution in [-0.2, 0) is 6.18 Å². The Bertz CT molecular complexity index is 359. The number of rotatable bonds is 4. The highest BCUT2D eigenvalue weighted by molar-refractivity contribution is 7.99. The van der Waals surface area contributed by atoms with E-state index in [0.717, 1.165) is 11.8 Å². The number of nitrogens with one attached hydrogen (secondary N) is 1. The average Bonchev–Trinajstić information content (AvgIpc) is 2.24. The third-order valence-corrected chi connectivity index (χ3v) is 2.45. The molecule has 0 fully saturated rings. The molecule has 0 aliphatic carbocycles. The molecule has 0 unspecified atom stereocenters. The Morgan fingerprint density at radius 3 is 2.62 bits per heavy atom. The van der Waals surface area contributed by atoms with Gasteiger partial charge in [-0.1, -0.05) is 0 Å². The molecule has 0 aromatic carbocycles. The van der Waals surface area contributed by atoms with Crippen LogP contribution in [-0.4, -0.2) is 34.5 Å². The zero-order valence-electron chi connectivity index (χ0n) is 8.38. The first-order chi connectivity index (χ1) is 7.47. The van der Waals surface area contributed by atoms with E-state index in [1.54, 1.807) is 0 Å². The molecule has 0 saturated heterocycles. The summed E-state index contributed by atoms with van der Waals surface area (Å²) in [6.07, 6.45) is -4.57. The average molecular weight is 253 g/mol. The first kappa shape index (κ1) is 13.0. The van der Waals surface area contributed by atoms with E-state index in [2.05, 4.69) is 15.3 Å². The molecule has 0 aliphatic rings. The summed E-state index contributed by atoms with van der Waals surface area (Å²) < 4.78 is 37.2. The summed E-state index contributed by atoms with van der Waals surface area (Å²) >= 11 is 1.04. The molecule has 8 heteroatoms. The molecule has 16 heavy (non-hydrogen) atoms. The summed E-state index contributed by atoms with van der Waals surface area (Å²) in [5.74, 6) is -0.792. The number of halogens is 3. The Hall–Kier alpha value is -1.02. The molecule has 1 aromatic rings. The predicted molar refractivity (Wildman–Crippen MR) is 54.4 cm³/mol. The normalized spacial score (nSPS) is 11.6. The fourth-order valence-corrected chi connectivity index (χ4v) is 1.55. The molecular formula is C8H10F3N3OS. The van der Waals surface area contributed by atoms with Crippen LogP contribution >= 0.6 is 11.8 Å². The molecule has 2 N–H and O–H groups in total. The molecular weight excluding hydrogens is 243 g/mol. The number of alkyl halides is 3. The molecule has 0 saturated carbocycles. The first-order valence-electron chi connectivity index (χ1n) is 4.35. The molecule has 90 valence electrons. The summed E-state index contributed by atoms with van der Waals surface area (Å²) in [5.41, 5.74) is 0. The van der Waals surface area contributed by atoms with Crippen molar-refractivity contribution in [3.8, 4) is 0 Å². The van der Waals surface area contributed by atoms with Crippen LogP contribution in [0.1, 0.15) is 5.82 Å². The summed E-state index contributed by atoms with van der Waals surface area (Å²) in [4.78, 5) is 6.67. The zero-order chi connectivity index (χ0) is 12.2. The predicted octanol–water partition coefficient (Wildman–Crippen LogP) is 1.62. The van der Waals surface area contributed by atoms with Crippen molar-refractivity contribution in [1.29, 1.82) is 0 Å². The molecule has 1 rings (SSSR count). The second kappa shape index (κ2) is 5.35. The summed E-state index contributed by atoms with van der Waals surface area (Å²) in [6.45, 7) is -0.120. The molecule has 1 aromatic heterocycles. The summed E-state index contributed by atoms with van der Waals surface area (Å²) in [7, 11) is 1.48. The highest BCUT2D eigenvalue weighted by atomic mass is 32.2. The van der Waals surface area contributed by atoms with Crippen LogP contribution in [0.2, 0.25) is 0 Å². The van der Waals surface area contributed by atoms with Gasteiger partial charge in [-0.25, -0.2) is 9.97 Å². The van der Waals surface area contributed by atoms with Gasteiger partial charge in [-0.3, -0.25) is 0 Å². The minimum atomic E-state index is -4.57. The van der Waals surface area contributed by atoms with Gasteiger partial charge >= 0.3 is 6.18 Å². The van der Waals surface area contributed by atoms with Crippen molar-refractivity contribution in [2.45, 2.75) is 11.2 Å². The van der Waals surface area contributed by atoms with Crippen LogP contribution in [0.3, 0.4) is 0 Å². The number of nitrogens with zero attached hydrogens (tertiary/aromatic N) is 2. The van der Waals surface area contributed by atoms with E-state index >= 15 is 0 Å². The van der Waals surface area contributed by atoms with Crippen molar-refractivity contribution in [2.75, 3.05) is 24.7 Å². The first-order valence-corrected chi connectivity index (χ1v) is 5.33. The highest BCUT2D eigenvalue weighted by Crippen LogP contribution is 2.29. The lowest BCUT2D eigenvalue weighted by atomic mass is 10.5. The van der Waals surface area contributed by atoms with Gasteiger partial charge in [-0.2, -0.15) is 13.2 Å². The number of aliphatic hydroxyl groups excluding tert-OH is 1. The van der Waals surface area contributed by atoms with Crippen molar-refractivity contribution in [3.05, 3.63) is 11.9 Å². The molecule has 1 heterocycles. The smallest absolute Gasteiger partial charge is 0.396 e. The van der Waals surface area contributed by atoms with E-state index in [-0.39, 0.29) is 23.2 Å². The Balaban J connectivity index is 3.01. The third-order valence-electron chi connectivity index (χ3n) is 1.55. The van der Waals surface area contributed by atoms with Crippen LogP contribution < -0.4 is 5.32 Å². The molecule has 0 spiro atoms. The Kier molecular flexibility index (Phi) is 4.36. The van der Waals surface area contributed by atoms with Gasteiger partial charge in [0.15, 0.2) is 0 Å². The SMILES string of the molecule is CNc1cc(SCCO)nc(C(F)(F)F)n1. The topological polar surface area (TPSA) is 58.0 Å². The second-order valence-electron chi connectivity index (χ2n) is 2.73. The molecule has 0 bridgehead atoms. The maximum absolute atomic E-state index is 12.4. The van der Waals surface area contributed by atoms with E-state index in [0.29, 0.717) is 0 Å². The van der Waals surface area contributed by atoms with E-state index in [1.807, 2.05) is 0 Å². The number of anilines is 1. The van der Waals surface area contributed by atoms with Crippen LogP contribution in [0.25, 0.3) is 0 Å². The minimum Gasteiger partial charge on any atom is -0.396 e. The monoisotopic (exact) mass is 253 g/mol. The third kappa shape index (κ3) is 3.53. The van der Waals surface area contributed by atoms with Crippen molar-refractivity contribution >= 4 is 17.6 Å². The molecule has 0 radical (unpaired) electrons. The lowest BCUT2D eigenvalue weighted by molar-refractivity contribution is -0.145. The van der Waals surface area contributed by atoms with Crippen LogP contribution in [0.4, 0.5) is 19.0 Å². The van der Waals surface area contributed by atoms with Gasteiger partial charge in [-0.05, 0) is 0 Å². The van der Waals surface area contributed by atoms with Gasteiger partial charge in [0, 0.05) is 18.9 Å². The maximum atomic E-state index is 12.4. The van der Waals surface area contributed by atoms with E-state index in [1.165, 1.54) is 13.1 Å². The van der Waals surface area contributed by atoms with E-state index in [9.17, 15) is 13.2 Å². The van der Waals surface area contributed by atoms with Gasteiger partial charge < -0.3 is 10.4 Å². The Labute approximate surface area is 94.3 Å². The molecule has 0 aliphatic heterocycles. The van der Waals surface area contributed by atoms with Crippen molar-refractivity contribution in [2.24, 2.45) is 0 Å². The van der Waals surface area contributed by atoms with Crippen LogP contribution in [0, 0.1) is 0 Å². The van der Waals surface area contributed by atoms with Gasteiger partial charge in [0.2, 0.25) is 5.82 Å². The number of aromatic nitrogens is 2. The van der Waals surface area contributed by atoms with Gasteiger partial charge in [0.25, 0.3) is 0 Å². The van der Waals surface area contributed by atoms with Crippen molar-refractivity contribution in [3.63, 3.8) is 0 Å². The number of hydrogen-bond acceptors (Lipinski definition) is 5. The van der Waals surface area contributed by atoms with Gasteiger partial charge in [0.05, 0.1) is 6.61 Å². The summed E-state index contributed by atoms with van der Waals surface area (Å²) in [6, 6.07) is 1.40.